The summed E-state index contributed by atoms with van der Waals surface area (Å²) in [6, 6.07) is 4.65. The molecule has 1 fully saturated rings. The molecule has 0 N–H and O–H groups in total. The molecule has 0 atom stereocenters. The highest BCUT2D eigenvalue weighted by Crippen LogP contribution is 2.27. The van der Waals surface area contributed by atoms with E-state index in [0.29, 0.717) is 0 Å². The maximum absolute atomic E-state index is 12.1. The van der Waals surface area contributed by atoms with Gasteiger partial charge in [-0.2, -0.15) is 0 Å². The van der Waals surface area contributed by atoms with Crippen LogP contribution in [0.15, 0.2) is 18.2 Å². The lowest BCUT2D eigenvalue weighted by Gasteiger charge is -2.20. The lowest BCUT2D eigenvalue weighted by Crippen LogP contribution is -2.35. The van der Waals surface area contributed by atoms with E-state index in [0.717, 1.165) is 44.3 Å². The molecule has 2 rings (SSSR count). The summed E-state index contributed by atoms with van der Waals surface area (Å²) in [6.45, 7) is 3.17. The van der Waals surface area contributed by atoms with Crippen molar-refractivity contribution >= 4 is 11.6 Å². The number of hydrogen-bond acceptors (Lipinski definition) is 4. The molecule has 0 aromatic heterocycles. The van der Waals surface area contributed by atoms with E-state index >= 15 is 0 Å². The van der Waals surface area contributed by atoms with Crippen LogP contribution in [-0.2, 0) is 4.79 Å². The zero-order valence-electron chi connectivity index (χ0n) is 12.2. The summed E-state index contributed by atoms with van der Waals surface area (Å²) >= 11 is 0. The van der Waals surface area contributed by atoms with Crippen molar-refractivity contribution in [2.75, 3.05) is 19.7 Å². The fraction of sp³-hybridized carbons (Fsp3) is 0.533. The van der Waals surface area contributed by atoms with Gasteiger partial charge in [-0.05, 0) is 31.4 Å². The second-order valence-electron chi connectivity index (χ2n) is 5.31. The summed E-state index contributed by atoms with van der Waals surface area (Å²) in [7, 11) is 0. The van der Waals surface area contributed by atoms with Gasteiger partial charge in [0, 0.05) is 19.2 Å². The van der Waals surface area contributed by atoms with E-state index in [1.54, 1.807) is 17.0 Å². The maximum Gasteiger partial charge on any atom is 0.310 e. The average molecular weight is 292 g/mol. The third-order valence-corrected chi connectivity index (χ3v) is 3.62. The van der Waals surface area contributed by atoms with Crippen LogP contribution < -0.4 is 4.74 Å². The van der Waals surface area contributed by atoms with Crippen LogP contribution in [0, 0.1) is 17.0 Å². The molecule has 114 valence electrons. The summed E-state index contributed by atoms with van der Waals surface area (Å²) in [5.74, 6) is 0.0517. The van der Waals surface area contributed by atoms with Crippen molar-refractivity contribution in [3.63, 3.8) is 0 Å². The molecule has 0 aliphatic carbocycles. The standard InChI is InChI=1S/C15H20N2O4/c1-12-6-7-13(17(19)20)14(10-12)21-11-15(18)16-8-4-2-3-5-9-16/h6-7,10H,2-5,8-9,11H2,1H3. The van der Waals surface area contributed by atoms with Crippen molar-refractivity contribution in [3.8, 4) is 5.75 Å². The van der Waals surface area contributed by atoms with Crippen LogP contribution in [0.1, 0.15) is 31.2 Å². The molecule has 0 radical (unpaired) electrons. The average Bonchev–Trinajstić information content (AvgIpc) is 2.73. The molecule has 1 saturated heterocycles. The van der Waals surface area contributed by atoms with E-state index in [-0.39, 0.29) is 24.0 Å². The maximum atomic E-state index is 12.1. The number of nitro benzene ring substituents is 1. The monoisotopic (exact) mass is 292 g/mol. The van der Waals surface area contributed by atoms with Gasteiger partial charge in [-0.25, -0.2) is 0 Å². The molecular weight excluding hydrogens is 272 g/mol. The number of nitro groups is 1. The van der Waals surface area contributed by atoms with Crippen LogP contribution in [0.25, 0.3) is 0 Å². The predicted octanol–water partition coefficient (Wildman–Crippen LogP) is 2.68. The molecule has 1 aromatic rings. The Bertz CT molecular complexity index is 522. The summed E-state index contributed by atoms with van der Waals surface area (Å²) in [5, 5.41) is 11.0. The molecule has 0 bridgehead atoms. The minimum absolute atomic E-state index is 0.104. The minimum Gasteiger partial charge on any atom is -0.477 e. The molecule has 0 spiro atoms. The smallest absolute Gasteiger partial charge is 0.310 e. The van der Waals surface area contributed by atoms with E-state index in [1.165, 1.54) is 6.07 Å². The second kappa shape index (κ2) is 7.06. The second-order valence-corrected chi connectivity index (χ2v) is 5.31. The van der Waals surface area contributed by atoms with Gasteiger partial charge >= 0.3 is 5.69 Å². The van der Waals surface area contributed by atoms with Crippen molar-refractivity contribution in [1.82, 2.24) is 4.90 Å². The minimum atomic E-state index is -0.495. The van der Waals surface area contributed by atoms with Gasteiger partial charge in [0.05, 0.1) is 4.92 Å². The van der Waals surface area contributed by atoms with Crippen molar-refractivity contribution in [2.24, 2.45) is 0 Å². The normalized spacial score (nSPS) is 15.4. The molecule has 0 unspecified atom stereocenters. The van der Waals surface area contributed by atoms with Gasteiger partial charge in [-0.3, -0.25) is 14.9 Å². The van der Waals surface area contributed by atoms with Crippen molar-refractivity contribution in [3.05, 3.63) is 33.9 Å². The van der Waals surface area contributed by atoms with Gasteiger partial charge in [0.2, 0.25) is 0 Å². The highest BCUT2D eigenvalue weighted by molar-refractivity contribution is 5.78. The van der Waals surface area contributed by atoms with Crippen LogP contribution >= 0.6 is 0 Å². The van der Waals surface area contributed by atoms with Gasteiger partial charge in [-0.15, -0.1) is 0 Å². The van der Waals surface area contributed by atoms with Crippen LogP contribution in [0.5, 0.6) is 5.75 Å². The van der Waals surface area contributed by atoms with Gasteiger partial charge in [0.15, 0.2) is 12.4 Å². The molecule has 1 aliphatic heterocycles. The number of rotatable bonds is 4. The highest BCUT2D eigenvalue weighted by atomic mass is 16.6. The molecule has 21 heavy (non-hydrogen) atoms. The Morgan fingerprint density at radius 3 is 2.57 bits per heavy atom. The lowest BCUT2D eigenvalue weighted by molar-refractivity contribution is -0.385. The molecule has 0 saturated carbocycles. The van der Waals surface area contributed by atoms with E-state index in [9.17, 15) is 14.9 Å². The molecule has 6 nitrogen and oxygen atoms in total. The quantitative estimate of drug-likeness (QED) is 0.631. The van der Waals surface area contributed by atoms with E-state index in [4.69, 9.17) is 4.74 Å². The van der Waals surface area contributed by atoms with Crippen molar-refractivity contribution < 1.29 is 14.5 Å². The number of ether oxygens (including phenoxy) is 1. The first-order chi connectivity index (χ1) is 10.1. The zero-order valence-corrected chi connectivity index (χ0v) is 12.2. The molecular formula is C15H20N2O4. The van der Waals surface area contributed by atoms with E-state index in [1.807, 2.05) is 6.92 Å². The Morgan fingerprint density at radius 1 is 1.29 bits per heavy atom. The van der Waals surface area contributed by atoms with E-state index < -0.39 is 4.92 Å². The van der Waals surface area contributed by atoms with Crippen LogP contribution in [0.3, 0.4) is 0 Å². The predicted molar refractivity (Wildman–Crippen MR) is 78.4 cm³/mol. The van der Waals surface area contributed by atoms with Crippen molar-refractivity contribution in [2.45, 2.75) is 32.6 Å². The van der Waals surface area contributed by atoms with Crippen LogP contribution in [0.4, 0.5) is 5.69 Å². The zero-order chi connectivity index (χ0) is 15.2. The molecule has 6 heteroatoms. The number of carbonyl (C=O) groups is 1. The third-order valence-electron chi connectivity index (χ3n) is 3.62. The molecule has 1 heterocycles. The fourth-order valence-corrected chi connectivity index (χ4v) is 2.44. The Balaban J connectivity index is 2.00. The highest BCUT2D eigenvalue weighted by Gasteiger charge is 2.19. The summed E-state index contributed by atoms with van der Waals surface area (Å²) in [5.41, 5.74) is 0.752. The first-order valence-electron chi connectivity index (χ1n) is 7.23. The van der Waals surface area contributed by atoms with Gasteiger partial charge in [-0.1, -0.05) is 18.9 Å². The Morgan fingerprint density at radius 2 is 1.95 bits per heavy atom. The van der Waals surface area contributed by atoms with E-state index in [2.05, 4.69) is 0 Å². The number of aryl methyl sites for hydroxylation is 1. The summed E-state index contributed by atoms with van der Waals surface area (Å²) < 4.78 is 5.40. The van der Waals surface area contributed by atoms with Crippen LogP contribution in [0.2, 0.25) is 0 Å². The summed E-state index contributed by atoms with van der Waals surface area (Å²) in [6.07, 6.45) is 4.31. The molecule has 1 aromatic carbocycles. The first-order valence-corrected chi connectivity index (χ1v) is 7.23. The third kappa shape index (κ3) is 4.18. The van der Waals surface area contributed by atoms with Gasteiger partial charge in [0.1, 0.15) is 0 Å². The Hall–Kier alpha value is -2.11. The number of amides is 1. The lowest BCUT2D eigenvalue weighted by atomic mass is 10.2. The number of carbonyl (C=O) groups excluding carboxylic acids is 1. The Kier molecular flexibility index (Phi) is 5.14. The first kappa shape index (κ1) is 15.3. The van der Waals surface area contributed by atoms with Gasteiger partial charge in [0.25, 0.3) is 5.91 Å². The topological polar surface area (TPSA) is 72.7 Å². The molecule has 1 amide bonds. The molecule has 1 aliphatic rings. The number of nitrogens with zero attached hydrogens (tertiary/aromatic N) is 2. The fourth-order valence-electron chi connectivity index (χ4n) is 2.44. The number of likely N-dealkylation sites (tertiary alicyclic amines) is 1. The largest absolute Gasteiger partial charge is 0.477 e. The van der Waals surface area contributed by atoms with Gasteiger partial charge < -0.3 is 9.64 Å². The SMILES string of the molecule is Cc1ccc([N+](=O)[O-])c(OCC(=O)N2CCCCCC2)c1. The number of hydrogen-bond donors (Lipinski definition) is 0. The number of benzene rings is 1. The Labute approximate surface area is 123 Å². The van der Waals surface area contributed by atoms with Crippen molar-refractivity contribution in [1.29, 1.82) is 0 Å². The summed E-state index contributed by atoms with van der Waals surface area (Å²) in [4.78, 5) is 24.4. The van der Waals surface area contributed by atoms with Crippen LogP contribution in [-0.4, -0.2) is 35.4 Å².